The zero-order valence-electron chi connectivity index (χ0n) is 10.1. The van der Waals surface area contributed by atoms with Crippen LogP contribution in [0.25, 0.3) is 0 Å². The average Bonchev–Trinajstić information content (AvgIpc) is 2.21. The minimum absolute atomic E-state index is 0.522. The Hall–Kier alpha value is -1.71. The quantitative estimate of drug-likeness (QED) is 0.856. The summed E-state index contributed by atoms with van der Waals surface area (Å²) in [5, 5.41) is 0. The topological polar surface area (TPSA) is 61.6 Å². The highest BCUT2D eigenvalue weighted by molar-refractivity contribution is 5.70. The van der Waals surface area contributed by atoms with Crippen LogP contribution < -0.4 is 15.2 Å². The average molecular weight is 223 g/mol. The second-order valence-corrected chi connectivity index (χ2v) is 3.62. The SMILES string of the molecule is CCOc1cc(C)c(OC(N)=O)c(C)c1C. The molecule has 0 saturated carbocycles. The summed E-state index contributed by atoms with van der Waals surface area (Å²) < 4.78 is 10.5. The highest BCUT2D eigenvalue weighted by Gasteiger charge is 2.13. The van der Waals surface area contributed by atoms with E-state index < -0.39 is 6.09 Å². The number of rotatable bonds is 3. The van der Waals surface area contributed by atoms with Crippen LogP contribution in [0, 0.1) is 20.8 Å². The fourth-order valence-corrected chi connectivity index (χ4v) is 1.58. The molecule has 2 N–H and O–H groups in total. The number of amides is 1. The molecule has 0 aromatic heterocycles. The number of hydrogen-bond donors (Lipinski definition) is 1. The molecule has 0 unspecified atom stereocenters. The van der Waals surface area contributed by atoms with Gasteiger partial charge in [0, 0.05) is 0 Å². The zero-order chi connectivity index (χ0) is 12.3. The largest absolute Gasteiger partial charge is 0.494 e. The lowest BCUT2D eigenvalue weighted by Gasteiger charge is -2.15. The molecular formula is C12H17NO3. The smallest absolute Gasteiger partial charge is 0.409 e. The highest BCUT2D eigenvalue weighted by Crippen LogP contribution is 2.33. The number of carbonyl (C=O) groups is 1. The predicted molar refractivity (Wildman–Crippen MR) is 62.0 cm³/mol. The van der Waals surface area contributed by atoms with Crippen molar-refractivity contribution >= 4 is 6.09 Å². The molecule has 1 aromatic rings. The highest BCUT2D eigenvalue weighted by atomic mass is 16.5. The van der Waals surface area contributed by atoms with Crippen molar-refractivity contribution in [3.8, 4) is 11.5 Å². The molecule has 0 spiro atoms. The lowest BCUT2D eigenvalue weighted by Crippen LogP contribution is -2.17. The molecule has 0 aliphatic rings. The van der Waals surface area contributed by atoms with Gasteiger partial charge in [0.15, 0.2) is 0 Å². The Labute approximate surface area is 95.3 Å². The van der Waals surface area contributed by atoms with E-state index in [2.05, 4.69) is 0 Å². The summed E-state index contributed by atoms with van der Waals surface area (Å²) in [5.41, 5.74) is 7.69. The van der Waals surface area contributed by atoms with Crippen molar-refractivity contribution in [1.29, 1.82) is 0 Å². The molecule has 4 heteroatoms. The maximum Gasteiger partial charge on any atom is 0.409 e. The van der Waals surface area contributed by atoms with Crippen molar-refractivity contribution in [2.75, 3.05) is 6.61 Å². The van der Waals surface area contributed by atoms with Gasteiger partial charge in [-0.25, -0.2) is 4.79 Å². The molecule has 0 aliphatic carbocycles. The number of ether oxygens (including phenoxy) is 2. The van der Waals surface area contributed by atoms with E-state index in [1.807, 2.05) is 33.8 Å². The van der Waals surface area contributed by atoms with Crippen LogP contribution in [-0.4, -0.2) is 12.7 Å². The van der Waals surface area contributed by atoms with Gasteiger partial charge in [-0.1, -0.05) is 0 Å². The van der Waals surface area contributed by atoms with Gasteiger partial charge in [-0.3, -0.25) is 0 Å². The van der Waals surface area contributed by atoms with E-state index in [0.717, 1.165) is 22.4 Å². The van der Waals surface area contributed by atoms with Crippen LogP contribution in [0.4, 0.5) is 4.79 Å². The summed E-state index contributed by atoms with van der Waals surface area (Å²) in [4.78, 5) is 10.8. The molecule has 16 heavy (non-hydrogen) atoms. The number of benzene rings is 1. The van der Waals surface area contributed by atoms with Gasteiger partial charge in [0.2, 0.25) is 0 Å². The Morgan fingerprint density at radius 1 is 1.31 bits per heavy atom. The van der Waals surface area contributed by atoms with E-state index in [9.17, 15) is 4.79 Å². The fourth-order valence-electron chi connectivity index (χ4n) is 1.58. The second kappa shape index (κ2) is 4.88. The molecule has 1 rings (SSSR count). The monoisotopic (exact) mass is 223 g/mol. The summed E-state index contributed by atoms with van der Waals surface area (Å²) in [6.45, 7) is 8.19. The maximum absolute atomic E-state index is 10.8. The van der Waals surface area contributed by atoms with Gasteiger partial charge in [0.05, 0.1) is 6.61 Å². The van der Waals surface area contributed by atoms with E-state index in [1.54, 1.807) is 0 Å². The van der Waals surface area contributed by atoms with Gasteiger partial charge in [-0.15, -0.1) is 0 Å². The van der Waals surface area contributed by atoms with Crippen LogP contribution in [0.15, 0.2) is 6.07 Å². The lowest BCUT2D eigenvalue weighted by molar-refractivity contribution is 0.210. The molecule has 0 fully saturated rings. The van der Waals surface area contributed by atoms with E-state index in [0.29, 0.717) is 12.4 Å². The predicted octanol–water partition coefficient (Wildman–Crippen LogP) is 2.47. The van der Waals surface area contributed by atoms with Crippen LogP contribution >= 0.6 is 0 Å². The molecular weight excluding hydrogens is 206 g/mol. The van der Waals surface area contributed by atoms with Crippen molar-refractivity contribution in [3.63, 3.8) is 0 Å². The minimum atomic E-state index is -0.797. The van der Waals surface area contributed by atoms with E-state index in [1.165, 1.54) is 0 Å². The van der Waals surface area contributed by atoms with Gasteiger partial charge >= 0.3 is 6.09 Å². The van der Waals surface area contributed by atoms with Crippen LogP contribution in [0.5, 0.6) is 11.5 Å². The maximum atomic E-state index is 10.8. The molecule has 0 aliphatic heterocycles. The first-order valence-electron chi connectivity index (χ1n) is 5.18. The normalized spacial score (nSPS) is 10.0. The number of primary amides is 1. The Bertz CT molecular complexity index is 413. The molecule has 0 radical (unpaired) electrons. The van der Waals surface area contributed by atoms with Crippen molar-refractivity contribution in [2.24, 2.45) is 5.73 Å². The second-order valence-electron chi connectivity index (χ2n) is 3.62. The summed E-state index contributed by atoms with van der Waals surface area (Å²) in [7, 11) is 0. The molecule has 4 nitrogen and oxygen atoms in total. The van der Waals surface area contributed by atoms with Gasteiger partial charge in [0.25, 0.3) is 0 Å². The standard InChI is InChI=1S/C12H17NO3/c1-5-15-10-6-7(2)11(16-12(13)14)9(4)8(10)3/h6H,5H2,1-4H3,(H2,13,14). The summed E-state index contributed by atoms with van der Waals surface area (Å²) in [6.07, 6.45) is -0.797. The molecule has 0 heterocycles. The van der Waals surface area contributed by atoms with Gasteiger partial charge < -0.3 is 15.2 Å². The van der Waals surface area contributed by atoms with Crippen LogP contribution in [-0.2, 0) is 0 Å². The van der Waals surface area contributed by atoms with Crippen molar-refractivity contribution in [1.82, 2.24) is 0 Å². The Balaban J connectivity index is 3.22. The van der Waals surface area contributed by atoms with Crippen molar-refractivity contribution in [3.05, 3.63) is 22.8 Å². The molecule has 88 valence electrons. The lowest BCUT2D eigenvalue weighted by atomic mass is 10.0. The van der Waals surface area contributed by atoms with Gasteiger partial charge in [-0.2, -0.15) is 0 Å². The minimum Gasteiger partial charge on any atom is -0.494 e. The van der Waals surface area contributed by atoms with Gasteiger partial charge in [0.1, 0.15) is 11.5 Å². The third-order valence-electron chi connectivity index (χ3n) is 2.48. The van der Waals surface area contributed by atoms with E-state index in [4.69, 9.17) is 15.2 Å². The number of hydrogen-bond acceptors (Lipinski definition) is 3. The molecule has 0 bridgehead atoms. The summed E-state index contributed by atoms with van der Waals surface area (Å²) in [5.74, 6) is 1.34. The first-order chi connectivity index (χ1) is 7.47. The molecule has 0 saturated heterocycles. The zero-order valence-corrected chi connectivity index (χ0v) is 10.1. The number of nitrogens with two attached hydrogens (primary N) is 1. The van der Waals surface area contributed by atoms with Crippen molar-refractivity contribution in [2.45, 2.75) is 27.7 Å². The molecule has 0 atom stereocenters. The molecule has 1 amide bonds. The van der Waals surface area contributed by atoms with Gasteiger partial charge in [-0.05, 0) is 50.5 Å². The summed E-state index contributed by atoms with van der Waals surface area (Å²) >= 11 is 0. The summed E-state index contributed by atoms with van der Waals surface area (Å²) in [6, 6.07) is 1.85. The van der Waals surface area contributed by atoms with Crippen LogP contribution in [0.3, 0.4) is 0 Å². The van der Waals surface area contributed by atoms with Crippen LogP contribution in [0.2, 0.25) is 0 Å². The van der Waals surface area contributed by atoms with E-state index in [-0.39, 0.29) is 0 Å². The van der Waals surface area contributed by atoms with Crippen LogP contribution in [0.1, 0.15) is 23.6 Å². The van der Waals surface area contributed by atoms with Crippen molar-refractivity contribution < 1.29 is 14.3 Å². The first-order valence-corrected chi connectivity index (χ1v) is 5.18. The number of carbonyl (C=O) groups excluding carboxylic acids is 1. The first kappa shape index (κ1) is 12.4. The Morgan fingerprint density at radius 3 is 2.44 bits per heavy atom. The third-order valence-corrected chi connectivity index (χ3v) is 2.48. The number of aryl methyl sites for hydroxylation is 1. The fraction of sp³-hybridized carbons (Fsp3) is 0.417. The Morgan fingerprint density at radius 2 is 1.94 bits per heavy atom. The Kier molecular flexibility index (Phi) is 3.77. The molecule has 1 aromatic carbocycles. The van der Waals surface area contributed by atoms with E-state index >= 15 is 0 Å². The third kappa shape index (κ3) is 2.45.